The Labute approximate surface area is 206 Å². The van der Waals surface area contributed by atoms with E-state index in [1.165, 1.54) is 25.8 Å². The van der Waals surface area contributed by atoms with Crippen molar-refractivity contribution in [2.75, 3.05) is 13.8 Å². The maximum Gasteiger partial charge on any atom is 0.328 e. The van der Waals surface area contributed by atoms with Gasteiger partial charge in [0.15, 0.2) is 0 Å². The van der Waals surface area contributed by atoms with Crippen molar-refractivity contribution >= 4 is 26.8 Å². The van der Waals surface area contributed by atoms with Crippen molar-refractivity contribution in [2.24, 2.45) is 5.92 Å². The molecule has 1 saturated carbocycles. The molecule has 11 heteroatoms. The number of carbonyl (C=O) groups excluding carboxylic acids is 3. The summed E-state index contributed by atoms with van der Waals surface area (Å²) < 4.78 is 19.5. The lowest BCUT2D eigenvalue weighted by Crippen LogP contribution is -2.59. The van der Waals surface area contributed by atoms with Crippen molar-refractivity contribution in [3.05, 3.63) is 34.4 Å². The monoisotopic (exact) mass is 511 g/mol. The Hall–Kier alpha value is -2.13. The first kappa shape index (κ1) is 27.5. The molecule has 194 valence electrons. The van der Waals surface area contributed by atoms with Gasteiger partial charge < -0.3 is 24.9 Å². The molecule has 3 amide bonds. The summed E-state index contributed by atoms with van der Waals surface area (Å²) in [5.41, 5.74) is 0.746. The molecule has 0 bridgehead atoms. The Morgan fingerprint density at radius 2 is 1.91 bits per heavy atom. The number of benzene rings is 1. The minimum absolute atomic E-state index is 0.0422. The molecule has 35 heavy (non-hydrogen) atoms. The number of likely N-dealkylation sites (N-methyl/N-ethyl adjacent to an activating group) is 1. The first-order valence-electron chi connectivity index (χ1n) is 11.8. The highest BCUT2D eigenvalue weighted by molar-refractivity contribution is 7.39. The van der Waals surface area contributed by atoms with Gasteiger partial charge in [-0.15, -0.1) is 0 Å². The number of hydrogen-bond donors (Lipinski definition) is 3. The van der Waals surface area contributed by atoms with Crippen molar-refractivity contribution in [1.82, 2.24) is 15.1 Å². The Morgan fingerprint density at radius 3 is 2.43 bits per heavy atom. The number of hydrogen-bond acceptors (Lipinski definition) is 6. The predicted molar refractivity (Wildman–Crippen MR) is 128 cm³/mol. The Kier molecular flexibility index (Phi) is 8.52. The van der Waals surface area contributed by atoms with Crippen LogP contribution in [0.3, 0.4) is 0 Å². The zero-order valence-electron chi connectivity index (χ0n) is 20.7. The standard InChI is InChI=1S/C24H35FN3O6P/c1-5-16-10-17-12-28(13-18(17)11-20(16)23(2,3)25)21(30)8-9-24(26-14-29,19-6-7-19)22(31)27(4)15-34-35(32)33/h10-11,14,19,32-33H,5-9,12-13,15H2,1-4H3,(H,26,29). The quantitative estimate of drug-likeness (QED) is 0.226. The van der Waals surface area contributed by atoms with Gasteiger partial charge in [-0.3, -0.25) is 18.9 Å². The SMILES string of the molecule is CCc1cc2c(cc1C(C)(C)F)CN(C(=O)CCC(NC=O)(C(=O)N(C)COP(O)O)C1CC1)C2. The topological polar surface area (TPSA) is 119 Å². The van der Waals surface area contributed by atoms with Gasteiger partial charge in [-0.2, -0.15) is 0 Å². The minimum Gasteiger partial charge on any atom is -0.344 e. The largest absolute Gasteiger partial charge is 0.344 e. The van der Waals surface area contributed by atoms with Crippen molar-refractivity contribution in [1.29, 1.82) is 0 Å². The van der Waals surface area contributed by atoms with Crippen molar-refractivity contribution in [3.63, 3.8) is 0 Å². The van der Waals surface area contributed by atoms with E-state index in [-0.39, 0.29) is 31.4 Å². The molecule has 1 aromatic rings. The van der Waals surface area contributed by atoms with Crippen molar-refractivity contribution < 1.29 is 33.1 Å². The lowest BCUT2D eigenvalue weighted by Gasteiger charge is -2.36. The van der Waals surface area contributed by atoms with E-state index in [1.807, 2.05) is 19.1 Å². The highest BCUT2D eigenvalue weighted by atomic mass is 31.2. The molecule has 2 aliphatic rings. The highest BCUT2D eigenvalue weighted by Gasteiger charge is 2.52. The summed E-state index contributed by atoms with van der Waals surface area (Å²) in [6.45, 7) is 5.48. The van der Waals surface area contributed by atoms with Gasteiger partial charge in [0.05, 0.1) is 0 Å². The molecule has 3 rings (SSSR count). The third-order valence-corrected chi connectivity index (χ3v) is 7.29. The fourth-order valence-electron chi connectivity index (χ4n) is 4.94. The van der Waals surface area contributed by atoms with Crippen LogP contribution in [0.15, 0.2) is 12.1 Å². The molecule has 0 spiro atoms. The number of nitrogens with one attached hydrogen (secondary N) is 1. The van der Waals surface area contributed by atoms with E-state index in [1.54, 1.807) is 4.90 Å². The van der Waals surface area contributed by atoms with E-state index in [0.717, 1.165) is 29.5 Å². The molecule has 0 radical (unpaired) electrons. The number of nitrogens with zero attached hydrogens (tertiary/aromatic N) is 2. The number of aryl methyl sites for hydroxylation is 1. The van der Waals surface area contributed by atoms with Crippen LogP contribution in [0.5, 0.6) is 0 Å². The fourth-order valence-corrected chi connectivity index (χ4v) is 5.22. The van der Waals surface area contributed by atoms with Crippen LogP contribution in [0.2, 0.25) is 0 Å². The minimum atomic E-state index is -2.63. The molecular formula is C24H35FN3O6P. The maximum absolute atomic E-state index is 14.8. The van der Waals surface area contributed by atoms with Gasteiger partial charge in [0.25, 0.3) is 0 Å². The molecule has 3 N–H and O–H groups in total. The number of alkyl halides is 1. The molecule has 1 aliphatic heterocycles. The van der Waals surface area contributed by atoms with E-state index < -0.39 is 25.7 Å². The van der Waals surface area contributed by atoms with Crippen LogP contribution < -0.4 is 5.32 Å². The van der Waals surface area contributed by atoms with Gasteiger partial charge in [-0.1, -0.05) is 19.1 Å². The van der Waals surface area contributed by atoms with E-state index in [2.05, 4.69) is 5.32 Å². The fraction of sp³-hybridized carbons (Fsp3) is 0.625. The lowest BCUT2D eigenvalue weighted by molar-refractivity contribution is -0.143. The summed E-state index contributed by atoms with van der Waals surface area (Å²) in [7, 11) is -1.19. The average molecular weight is 512 g/mol. The summed E-state index contributed by atoms with van der Waals surface area (Å²) in [6.07, 6.45) is 2.79. The number of halogens is 1. The van der Waals surface area contributed by atoms with Crippen LogP contribution in [0.25, 0.3) is 0 Å². The van der Waals surface area contributed by atoms with Crippen molar-refractivity contribution in [2.45, 2.75) is 77.2 Å². The third-order valence-electron chi connectivity index (χ3n) is 6.94. The van der Waals surface area contributed by atoms with Crippen LogP contribution in [0.4, 0.5) is 4.39 Å². The van der Waals surface area contributed by atoms with Gasteiger partial charge in [-0.05, 0) is 67.7 Å². The molecule has 1 heterocycles. The van der Waals surface area contributed by atoms with Gasteiger partial charge in [0, 0.05) is 26.6 Å². The first-order valence-corrected chi connectivity index (χ1v) is 13.0. The predicted octanol–water partition coefficient (Wildman–Crippen LogP) is 2.61. The van der Waals surface area contributed by atoms with Gasteiger partial charge in [0.2, 0.25) is 18.2 Å². The summed E-state index contributed by atoms with van der Waals surface area (Å²) in [6, 6.07) is 3.84. The summed E-state index contributed by atoms with van der Waals surface area (Å²) >= 11 is 0. The number of amides is 3. The summed E-state index contributed by atoms with van der Waals surface area (Å²) in [5.74, 6) is -0.708. The van der Waals surface area contributed by atoms with E-state index in [0.29, 0.717) is 31.5 Å². The first-order chi connectivity index (χ1) is 16.4. The zero-order chi connectivity index (χ0) is 26.0. The molecule has 0 aromatic heterocycles. The smallest absolute Gasteiger partial charge is 0.328 e. The van der Waals surface area contributed by atoms with E-state index in [9.17, 15) is 18.8 Å². The molecule has 0 saturated heterocycles. The number of carbonyl (C=O) groups is 3. The lowest BCUT2D eigenvalue weighted by atomic mass is 9.86. The van der Waals surface area contributed by atoms with Crippen LogP contribution >= 0.6 is 8.60 Å². The Morgan fingerprint density at radius 1 is 1.29 bits per heavy atom. The highest BCUT2D eigenvalue weighted by Crippen LogP contribution is 2.43. The van der Waals surface area contributed by atoms with Gasteiger partial charge in [0.1, 0.15) is 17.9 Å². The molecule has 1 aromatic carbocycles. The molecule has 1 fully saturated rings. The Bertz CT molecular complexity index is 965. The molecule has 1 aliphatic carbocycles. The van der Waals surface area contributed by atoms with Crippen LogP contribution in [-0.2, 0) is 44.1 Å². The molecule has 1 atom stereocenters. The zero-order valence-corrected chi connectivity index (χ0v) is 21.6. The average Bonchev–Trinajstić information content (AvgIpc) is 3.57. The second-order valence-corrected chi connectivity index (χ2v) is 10.6. The molecule has 9 nitrogen and oxygen atoms in total. The van der Waals surface area contributed by atoms with Gasteiger partial charge in [-0.25, -0.2) is 4.39 Å². The van der Waals surface area contributed by atoms with E-state index >= 15 is 0 Å². The third kappa shape index (κ3) is 6.17. The number of rotatable bonds is 12. The van der Waals surface area contributed by atoms with Gasteiger partial charge >= 0.3 is 8.60 Å². The number of fused-ring (bicyclic) bond motifs is 1. The van der Waals surface area contributed by atoms with Crippen molar-refractivity contribution in [3.8, 4) is 0 Å². The second kappa shape index (κ2) is 10.9. The summed E-state index contributed by atoms with van der Waals surface area (Å²) in [4.78, 5) is 58.8. The Balaban J connectivity index is 1.73. The van der Waals surface area contributed by atoms with Crippen LogP contribution in [0, 0.1) is 5.92 Å². The van der Waals surface area contributed by atoms with Crippen LogP contribution in [0.1, 0.15) is 68.7 Å². The normalized spacial score (nSPS) is 17.2. The van der Waals surface area contributed by atoms with Crippen LogP contribution in [-0.4, -0.2) is 57.1 Å². The summed E-state index contributed by atoms with van der Waals surface area (Å²) in [5, 5.41) is 2.67. The second-order valence-electron chi connectivity index (χ2n) is 9.88. The molecular weight excluding hydrogens is 476 g/mol. The van der Waals surface area contributed by atoms with E-state index in [4.69, 9.17) is 14.3 Å². The molecule has 1 unspecified atom stereocenters. The maximum atomic E-state index is 14.8.